The summed E-state index contributed by atoms with van der Waals surface area (Å²) in [4.78, 5) is 84.6. The second-order valence-corrected chi connectivity index (χ2v) is 13.6. The molecular formula is C40H26O10. The highest BCUT2D eigenvalue weighted by Gasteiger charge is 2.48. The third-order valence-corrected chi connectivity index (χ3v) is 9.38. The van der Waals surface area contributed by atoms with Gasteiger partial charge in [0.2, 0.25) is 23.1 Å². The van der Waals surface area contributed by atoms with Gasteiger partial charge in [0.15, 0.2) is 11.6 Å². The highest BCUT2D eigenvalue weighted by atomic mass is 16.5. The minimum Gasteiger partial charge on any atom is -0.506 e. The van der Waals surface area contributed by atoms with Gasteiger partial charge in [-0.15, -0.1) is 0 Å². The summed E-state index contributed by atoms with van der Waals surface area (Å²) in [5.41, 5.74) is -5.07. The molecule has 246 valence electrons. The SMILES string of the molecule is CC1(C)C=Cc2c(ccc3c2C(=O)C(=O)C(C2=C(C4=C(O)c5ccc6c(c5C(=O)C4=O)C=CC(C)(C)O6)C(=O)c4ccccc4C2=O)=C3O)O1. The number of rotatable bonds is 2. The number of hydrogen-bond donors (Lipinski definition) is 2. The summed E-state index contributed by atoms with van der Waals surface area (Å²) in [6, 6.07) is 11.3. The van der Waals surface area contributed by atoms with Crippen LogP contribution in [-0.4, -0.2) is 56.1 Å². The van der Waals surface area contributed by atoms with E-state index in [-0.39, 0.29) is 56.0 Å². The van der Waals surface area contributed by atoms with Gasteiger partial charge in [0.05, 0.1) is 11.1 Å². The normalized spacial score (nSPS) is 19.8. The molecule has 0 amide bonds. The number of carbonyl (C=O) groups is 6. The predicted molar refractivity (Wildman–Crippen MR) is 180 cm³/mol. The molecule has 10 nitrogen and oxygen atoms in total. The van der Waals surface area contributed by atoms with Crippen molar-refractivity contribution in [2.45, 2.75) is 38.9 Å². The van der Waals surface area contributed by atoms with Crippen molar-refractivity contribution in [1.82, 2.24) is 0 Å². The van der Waals surface area contributed by atoms with E-state index >= 15 is 0 Å². The fourth-order valence-electron chi connectivity index (χ4n) is 7.05. The Kier molecular flexibility index (Phi) is 6.21. The maximum Gasteiger partial charge on any atom is 0.238 e. The number of allylic oxidation sites excluding steroid dienone is 4. The number of Topliss-reactive ketones (excluding diaryl/α,β-unsaturated/α-hetero) is 6. The lowest BCUT2D eigenvalue weighted by atomic mass is 9.71. The standard InChI is InChI=1S/C40H26O10/c1-39(2)15-13-19-23(49-39)11-9-21-25(19)35(45)37(47)29(33(21)43)27-28(32(42)18-8-6-5-7-17(18)31(27)41)30-34(44)22-10-12-24-20(14-16-40(3,4)50-24)26(22)36(46)38(30)48/h5-16,43-44H,1-4H3. The zero-order chi connectivity index (χ0) is 35.6. The summed E-state index contributed by atoms with van der Waals surface area (Å²) in [5.74, 6) is -7.82. The summed E-state index contributed by atoms with van der Waals surface area (Å²) in [6.07, 6.45) is 6.57. The molecule has 3 aliphatic carbocycles. The molecule has 2 N–H and O–H groups in total. The zero-order valence-corrected chi connectivity index (χ0v) is 27.1. The molecule has 0 spiro atoms. The van der Waals surface area contributed by atoms with Crippen molar-refractivity contribution in [1.29, 1.82) is 0 Å². The second kappa shape index (κ2) is 10.1. The van der Waals surface area contributed by atoms with Crippen LogP contribution in [0.1, 0.15) is 91.4 Å². The molecule has 0 radical (unpaired) electrons. The Hall–Kier alpha value is -6.42. The fraction of sp³-hybridized carbons (Fsp3) is 0.150. The Morgan fingerprint density at radius 1 is 0.460 bits per heavy atom. The number of carbonyl (C=O) groups excluding carboxylic acids is 6. The quantitative estimate of drug-likeness (QED) is 0.301. The van der Waals surface area contributed by atoms with Crippen LogP contribution in [0.15, 0.2) is 83.0 Å². The van der Waals surface area contributed by atoms with Gasteiger partial charge in [0.1, 0.15) is 34.2 Å². The van der Waals surface area contributed by atoms with E-state index in [0.717, 1.165) is 0 Å². The maximum atomic E-state index is 14.3. The second-order valence-electron chi connectivity index (χ2n) is 13.6. The van der Waals surface area contributed by atoms with Crippen molar-refractivity contribution in [2.24, 2.45) is 0 Å². The Bertz CT molecular complexity index is 2270. The first kappa shape index (κ1) is 30.9. The van der Waals surface area contributed by atoms with Gasteiger partial charge < -0.3 is 19.7 Å². The van der Waals surface area contributed by atoms with Gasteiger partial charge in [-0.2, -0.15) is 0 Å². The van der Waals surface area contributed by atoms with E-state index in [4.69, 9.17) is 9.47 Å². The summed E-state index contributed by atoms with van der Waals surface area (Å²) in [6.45, 7) is 7.19. The predicted octanol–water partition coefficient (Wildman–Crippen LogP) is 6.20. The van der Waals surface area contributed by atoms with E-state index in [1.165, 1.54) is 48.5 Å². The van der Waals surface area contributed by atoms with Crippen LogP contribution in [0.25, 0.3) is 23.7 Å². The molecular weight excluding hydrogens is 640 g/mol. The molecule has 0 atom stereocenters. The monoisotopic (exact) mass is 666 g/mol. The van der Waals surface area contributed by atoms with Crippen LogP contribution in [0.4, 0.5) is 0 Å². The summed E-state index contributed by atoms with van der Waals surface area (Å²) >= 11 is 0. The number of aliphatic hydroxyl groups excluding tert-OH is 2. The first-order valence-electron chi connectivity index (χ1n) is 15.7. The van der Waals surface area contributed by atoms with Crippen LogP contribution in [0.3, 0.4) is 0 Å². The number of ether oxygens (including phenoxy) is 2. The molecule has 5 aliphatic rings. The zero-order valence-electron chi connectivity index (χ0n) is 27.1. The highest BCUT2D eigenvalue weighted by molar-refractivity contribution is 6.58. The van der Waals surface area contributed by atoms with Crippen LogP contribution in [0, 0.1) is 0 Å². The minimum absolute atomic E-state index is 0.113. The molecule has 2 aliphatic heterocycles. The van der Waals surface area contributed by atoms with Crippen LogP contribution in [-0.2, 0) is 9.59 Å². The van der Waals surface area contributed by atoms with Gasteiger partial charge >= 0.3 is 0 Å². The number of benzene rings is 3. The first-order valence-corrected chi connectivity index (χ1v) is 15.7. The van der Waals surface area contributed by atoms with Gasteiger partial charge in [-0.1, -0.05) is 36.4 Å². The van der Waals surface area contributed by atoms with Gasteiger partial charge in [-0.3, -0.25) is 28.8 Å². The van der Waals surface area contributed by atoms with E-state index in [1.807, 2.05) is 0 Å². The van der Waals surface area contributed by atoms with E-state index in [0.29, 0.717) is 0 Å². The Labute approximate surface area is 284 Å². The first-order chi connectivity index (χ1) is 23.6. The Balaban J connectivity index is 1.43. The van der Waals surface area contributed by atoms with E-state index < -0.39 is 79.7 Å². The van der Waals surface area contributed by atoms with Crippen LogP contribution >= 0.6 is 0 Å². The molecule has 0 unspecified atom stereocenters. The molecule has 0 aromatic heterocycles. The Morgan fingerprint density at radius 2 is 0.840 bits per heavy atom. The van der Waals surface area contributed by atoms with Crippen LogP contribution < -0.4 is 9.47 Å². The summed E-state index contributed by atoms with van der Waals surface area (Å²) < 4.78 is 11.9. The van der Waals surface area contributed by atoms with Crippen molar-refractivity contribution >= 4 is 58.4 Å². The van der Waals surface area contributed by atoms with Crippen molar-refractivity contribution in [2.75, 3.05) is 0 Å². The van der Waals surface area contributed by atoms with Gasteiger partial charge in [0.25, 0.3) is 0 Å². The molecule has 3 aromatic rings. The number of fused-ring (bicyclic) bond motifs is 7. The topological polar surface area (TPSA) is 161 Å². The Morgan fingerprint density at radius 3 is 1.22 bits per heavy atom. The van der Waals surface area contributed by atoms with Gasteiger partial charge in [-0.05, 0) is 64.1 Å². The average molecular weight is 667 g/mol. The number of hydrogen-bond acceptors (Lipinski definition) is 10. The molecule has 50 heavy (non-hydrogen) atoms. The molecule has 3 aromatic carbocycles. The van der Waals surface area contributed by atoms with Crippen molar-refractivity contribution in [3.8, 4) is 11.5 Å². The minimum atomic E-state index is -1.33. The van der Waals surface area contributed by atoms with Crippen LogP contribution in [0.2, 0.25) is 0 Å². The van der Waals surface area contributed by atoms with Crippen LogP contribution in [0.5, 0.6) is 11.5 Å². The van der Waals surface area contributed by atoms with Crippen molar-refractivity contribution in [3.63, 3.8) is 0 Å². The maximum absolute atomic E-state index is 14.3. The summed E-state index contributed by atoms with van der Waals surface area (Å²) in [5, 5.41) is 23.5. The average Bonchev–Trinajstić information content (AvgIpc) is 3.07. The summed E-state index contributed by atoms with van der Waals surface area (Å²) in [7, 11) is 0. The van der Waals surface area contributed by atoms with Gasteiger partial charge in [0, 0.05) is 55.7 Å². The molecule has 0 saturated heterocycles. The lowest BCUT2D eigenvalue weighted by molar-refractivity contribution is -0.112. The van der Waals surface area contributed by atoms with E-state index in [9.17, 15) is 39.0 Å². The molecule has 0 fully saturated rings. The largest absolute Gasteiger partial charge is 0.506 e. The van der Waals surface area contributed by atoms with E-state index in [1.54, 1.807) is 52.0 Å². The molecule has 10 heteroatoms. The molecule has 0 bridgehead atoms. The lowest BCUT2D eigenvalue weighted by Gasteiger charge is -2.32. The van der Waals surface area contributed by atoms with Crippen molar-refractivity contribution < 1.29 is 48.5 Å². The number of ketones is 6. The molecule has 2 heterocycles. The third-order valence-electron chi connectivity index (χ3n) is 9.38. The highest BCUT2D eigenvalue weighted by Crippen LogP contribution is 2.46. The fourth-order valence-corrected chi connectivity index (χ4v) is 7.05. The smallest absolute Gasteiger partial charge is 0.238 e. The van der Waals surface area contributed by atoms with Gasteiger partial charge in [-0.25, -0.2) is 0 Å². The number of aliphatic hydroxyl groups is 2. The van der Waals surface area contributed by atoms with E-state index in [2.05, 4.69) is 0 Å². The van der Waals surface area contributed by atoms with Crippen molar-refractivity contribution in [3.05, 3.63) is 127 Å². The lowest BCUT2D eigenvalue weighted by Crippen LogP contribution is -2.36. The third kappa shape index (κ3) is 4.14. The molecule has 8 rings (SSSR count). The molecule has 0 saturated carbocycles.